The van der Waals surface area contributed by atoms with Crippen molar-refractivity contribution in [1.29, 1.82) is 0 Å². The van der Waals surface area contributed by atoms with Crippen LogP contribution in [-0.4, -0.2) is 37.5 Å². The van der Waals surface area contributed by atoms with Crippen LogP contribution in [0.25, 0.3) is 5.57 Å². The molecule has 0 fully saturated rings. The minimum Gasteiger partial charge on any atom is -0.497 e. The van der Waals surface area contributed by atoms with E-state index in [2.05, 4.69) is 0 Å². The molecule has 4 rings (SSSR count). The van der Waals surface area contributed by atoms with E-state index < -0.39 is 0 Å². The molecule has 0 saturated heterocycles. The third-order valence-corrected chi connectivity index (χ3v) is 5.63. The fourth-order valence-corrected chi connectivity index (χ4v) is 3.99. The van der Waals surface area contributed by atoms with Crippen LogP contribution < -0.4 is 14.4 Å². The number of likely N-dealkylation sites (N-methyl/N-ethyl adjacent to an activating group) is 1. The summed E-state index contributed by atoms with van der Waals surface area (Å²) in [5, 5.41) is 0. The van der Waals surface area contributed by atoms with Crippen LogP contribution in [0.3, 0.4) is 0 Å². The van der Waals surface area contributed by atoms with Crippen molar-refractivity contribution in [3.63, 3.8) is 0 Å². The highest BCUT2D eigenvalue weighted by molar-refractivity contribution is 6.45. The summed E-state index contributed by atoms with van der Waals surface area (Å²) in [6.07, 6.45) is 0.907. The summed E-state index contributed by atoms with van der Waals surface area (Å²) in [4.78, 5) is 30.4. The Balaban J connectivity index is 1.75. The van der Waals surface area contributed by atoms with Crippen LogP contribution >= 0.6 is 0 Å². The predicted octanol–water partition coefficient (Wildman–Crippen LogP) is 4.90. The molecule has 0 unspecified atom stereocenters. The van der Waals surface area contributed by atoms with Crippen LogP contribution in [0.1, 0.15) is 24.5 Å². The molecule has 6 heteroatoms. The maximum Gasteiger partial charge on any atom is 0.282 e. The van der Waals surface area contributed by atoms with Crippen LogP contribution in [0.4, 0.5) is 5.69 Å². The molecule has 1 aliphatic rings. The van der Waals surface area contributed by atoms with Gasteiger partial charge in [0.2, 0.25) is 0 Å². The zero-order chi connectivity index (χ0) is 24.1. The lowest BCUT2D eigenvalue weighted by molar-refractivity contribution is -0.120. The molecule has 1 aliphatic heterocycles. The Hall–Kier alpha value is -4.06. The van der Waals surface area contributed by atoms with Crippen molar-refractivity contribution >= 4 is 23.1 Å². The van der Waals surface area contributed by atoms with Crippen molar-refractivity contribution in [3.8, 4) is 11.5 Å². The first-order valence-electron chi connectivity index (χ1n) is 11.3. The number of nitrogens with zero attached hydrogens (tertiary/aromatic N) is 2. The topological polar surface area (TPSA) is 59.1 Å². The standard InChI is InChI=1S/C28H28N2O4/c1-4-17-34-23-15-13-21(14-16-23)25-26(29(2)19-20-9-6-5-7-10-20)28(32)30(27(25)31)22-11-8-12-24(18-22)33-3/h5-16,18H,4,17,19H2,1-3H3. The summed E-state index contributed by atoms with van der Waals surface area (Å²) in [6.45, 7) is 3.15. The molecule has 0 spiro atoms. The van der Waals surface area contributed by atoms with Crippen LogP contribution in [-0.2, 0) is 16.1 Å². The highest BCUT2D eigenvalue weighted by Crippen LogP contribution is 2.36. The van der Waals surface area contributed by atoms with Gasteiger partial charge in [0.05, 0.1) is 25.0 Å². The quantitative estimate of drug-likeness (QED) is 0.429. The van der Waals surface area contributed by atoms with Gasteiger partial charge in [-0.15, -0.1) is 0 Å². The molecule has 0 aromatic heterocycles. The number of hydrogen-bond acceptors (Lipinski definition) is 5. The van der Waals surface area contributed by atoms with Gasteiger partial charge in [0.15, 0.2) is 0 Å². The summed E-state index contributed by atoms with van der Waals surface area (Å²) in [5.41, 5.74) is 2.91. The molecule has 6 nitrogen and oxygen atoms in total. The van der Waals surface area contributed by atoms with Gasteiger partial charge >= 0.3 is 0 Å². The van der Waals surface area contributed by atoms with E-state index in [0.29, 0.717) is 41.4 Å². The average Bonchev–Trinajstić information content (AvgIpc) is 3.13. The van der Waals surface area contributed by atoms with Crippen molar-refractivity contribution in [2.24, 2.45) is 0 Å². The SMILES string of the molecule is CCCOc1ccc(C2=C(N(C)Cc3ccccc3)C(=O)N(c3cccc(OC)c3)C2=O)cc1. The van der Waals surface area contributed by atoms with Crippen molar-refractivity contribution in [2.45, 2.75) is 19.9 Å². The maximum absolute atomic E-state index is 13.7. The zero-order valence-corrected chi connectivity index (χ0v) is 19.7. The van der Waals surface area contributed by atoms with Gasteiger partial charge in [-0.3, -0.25) is 9.59 Å². The number of anilines is 1. The lowest BCUT2D eigenvalue weighted by Crippen LogP contribution is -2.34. The van der Waals surface area contributed by atoms with E-state index in [9.17, 15) is 9.59 Å². The van der Waals surface area contributed by atoms with Crippen LogP contribution in [0.5, 0.6) is 11.5 Å². The van der Waals surface area contributed by atoms with Crippen LogP contribution in [0, 0.1) is 0 Å². The van der Waals surface area contributed by atoms with E-state index in [4.69, 9.17) is 9.47 Å². The molecule has 3 aromatic rings. The summed E-state index contributed by atoms with van der Waals surface area (Å²) < 4.78 is 11.0. The molecular weight excluding hydrogens is 428 g/mol. The van der Waals surface area contributed by atoms with Gasteiger partial charge in [-0.2, -0.15) is 0 Å². The van der Waals surface area contributed by atoms with Gasteiger partial charge in [0.1, 0.15) is 17.2 Å². The summed E-state index contributed by atoms with van der Waals surface area (Å²) in [7, 11) is 3.39. The highest BCUT2D eigenvalue weighted by atomic mass is 16.5. The summed E-state index contributed by atoms with van der Waals surface area (Å²) in [6, 6.07) is 24.1. The minimum absolute atomic E-state index is 0.360. The van der Waals surface area contributed by atoms with E-state index in [1.165, 1.54) is 4.90 Å². The third kappa shape index (κ3) is 4.66. The number of amides is 2. The Morgan fingerprint density at radius 3 is 2.26 bits per heavy atom. The molecule has 1 heterocycles. The molecule has 34 heavy (non-hydrogen) atoms. The largest absolute Gasteiger partial charge is 0.497 e. The molecule has 3 aromatic carbocycles. The van der Waals surface area contributed by atoms with Crippen LogP contribution in [0.15, 0.2) is 84.6 Å². The number of imide groups is 1. The number of carbonyl (C=O) groups is 2. The lowest BCUT2D eigenvalue weighted by atomic mass is 10.0. The third-order valence-electron chi connectivity index (χ3n) is 5.63. The molecule has 0 aliphatic carbocycles. The number of methoxy groups -OCH3 is 1. The Morgan fingerprint density at radius 2 is 1.59 bits per heavy atom. The number of carbonyl (C=O) groups excluding carboxylic acids is 2. The molecule has 174 valence electrons. The molecule has 0 saturated carbocycles. The Morgan fingerprint density at radius 1 is 0.853 bits per heavy atom. The number of rotatable bonds is 9. The van der Waals surface area contributed by atoms with Gasteiger partial charge in [-0.1, -0.05) is 55.5 Å². The van der Waals surface area contributed by atoms with Crippen molar-refractivity contribution in [1.82, 2.24) is 4.90 Å². The number of hydrogen-bond donors (Lipinski definition) is 0. The van der Waals surface area contributed by atoms with Gasteiger partial charge in [0.25, 0.3) is 11.8 Å². The van der Waals surface area contributed by atoms with Crippen molar-refractivity contribution in [2.75, 3.05) is 25.7 Å². The monoisotopic (exact) mass is 456 g/mol. The lowest BCUT2D eigenvalue weighted by Gasteiger charge is -2.22. The van der Waals surface area contributed by atoms with Gasteiger partial charge < -0.3 is 14.4 Å². The molecule has 0 atom stereocenters. The highest BCUT2D eigenvalue weighted by Gasteiger charge is 2.41. The average molecular weight is 457 g/mol. The van der Waals surface area contributed by atoms with Crippen LogP contribution in [0.2, 0.25) is 0 Å². The second-order valence-electron chi connectivity index (χ2n) is 8.09. The molecule has 2 amide bonds. The first kappa shape index (κ1) is 23.1. The Bertz CT molecular complexity index is 1200. The first-order valence-corrected chi connectivity index (χ1v) is 11.3. The maximum atomic E-state index is 13.7. The predicted molar refractivity (Wildman–Crippen MR) is 133 cm³/mol. The zero-order valence-electron chi connectivity index (χ0n) is 19.7. The second kappa shape index (κ2) is 10.3. The van der Waals surface area contributed by atoms with E-state index in [1.807, 2.05) is 73.5 Å². The van der Waals surface area contributed by atoms with E-state index >= 15 is 0 Å². The molecule has 0 N–H and O–H groups in total. The first-order chi connectivity index (χ1) is 16.5. The Labute approximate surface area is 200 Å². The normalized spacial score (nSPS) is 13.4. The van der Waals surface area contributed by atoms with E-state index in [-0.39, 0.29) is 11.8 Å². The van der Waals surface area contributed by atoms with E-state index in [1.54, 1.807) is 31.4 Å². The van der Waals surface area contributed by atoms with Crippen molar-refractivity contribution in [3.05, 3.63) is 95.7 Å². The summed E-state index contributed by atoms with van der Waals surface area (Å²) >= 11 is 0. The van der Waals surface area contributed by atoms with Gasteiger partial charge in [0, 0.05) is 19.7 Å². The smallest absolute Gasteiger partial charge is 0.282 e. The second-order valence-corrected chi connectivity index (χ2v) is 8.09. The molecule has 0 bridgehead atoms. The Kier molecular flexibility index (Phi) is 6.97. The van der Waals surface area contributed by atoms with E-state index in [0.717, 1.165) is 17.7 Å². The number of ether oxygens (including phenoxy) is 2. The fourth-order valence-electron chi connectivity index (χ4n) is 3.99. The number of benzene rings is 3. The summed E-state index contributed by atoms with van der Waals surface area (Å²) in [5.74, 6) is 0.573. The molecular formula is C28H28N2O4. The molecule has 0 radical (unpaired) electrons. The van der Waals surface area contributed by atoms with Crippen molar-refractivity contribution < 1.29 is 19.1 Å². The van der Waals surface area contributed by atoms with Gasteiger partial charge in [-0.05, 0) is 41.8 Å². The minimum atomic E-state index is -0.365. The van der Waals surface area contributed by atoms with Gasteiger partial charge in [-0.25, -0.2) is 4.90 Å². The fraction of sp³-hybridized carbons (Fsp3) is 0.214.